The molecule has 2 aromatic rings. The number of rotatable bonds is 4. The van der Waals surface area contributed by atoms with Crippen LogP contribution in [0.25, 0.3) is 0 Å². The molecule has 0 spiro atoms. The third-order valence-corrected chi connectivity index (χ3v) is 5.80. The van der Waals surface area contributed by atoms with E-state index in [1.165, 1.54) is 0 Å². The minimum absolute atomic E-state index is 0.165. The Kier molecular flexibility index (Phi) is 4.57. The van der Waals surface area contributed by atoms with Crippen molar-refractivity contribution in [1.82, 2.24) is 4.31 Å². The molecular formula is C17H19NO3S. The Morgan fingerprint density at radius 2 is 1.64 bits per heavy atom. The van der Waals surface area contributed by atoms with Gasteiger partial charge in [-0.15, -0.1) is 0 Å². The maximum absolute atomic E-state index is 12.9. The van der Waals surface area contributed by atoms with Crippen LogP contribution in [-0.4, -0.2) is 38.5 Å². The van der Waals surface area contributed by atoms with Crippen LogP contribution in [0.2, 0.25) is 0 Å². The fourth-order valence-electron chi connectivity index (χ4n) is 2.73. The molecule has 0 radical (unpaired) electrons. The average molecular weight is 317 g/mol. The Bertz CT molecular complexity index is 701. The molecule has 0 N–H and O–H groups in total. The van der Waals surface area contributed by atoms with Crippen molar-refractivity contribution >= 4 is 10.0 Å². The zero-order valence-corrected chi connectivity index (χ0v) is 13.1. The summed E-state index contributed by atoms with van der Waals surface area (Å²) in [5.41, 5.74) is 1.12. The summed E-state index contributed by atoms with van der Waals surface area (Å²) in [5.74, 6) is 0. The Hall–Kier alpha value is -1.69. The summed E-state index contributed by atoms with van der Waals surface area (Å²) in [4.78, 5) is 0.343. The van der Waals surface area contributed by atoms with Crippen molar-refractivity contribution in [2.75, 3.05) is 19.8 Å². The Morgan fingerprint density at radius 3 is 2.32 bits per heavy atom. The normalized spacial score (nSPS) is 19.9. The molecule has 1 atom stereocenters. The van der Waals surface area contributed by atoms with Gasteiger partial charge in [-0.25, -0.2) is 8.42 Å². The molecule has 1 fully saturated rings. The van der Waals surface area contributed by atoms with Gasteiger partial charge in [-0.1, -0.05) is 48.5 Å². The predicted molar refractivity (Wildman–Crippen MR) is 85.1 cm³/mol. The molecule has 0 aliphatic carbocycles. The average Bonchev–Trinajstić information content (AvgIpc) is 2.57. The van der Waals surface area contributed by atoms with E-state index < -0.39 is 10.0 Å². The van der Waals surface area contributed by atoms with E-state index in [2.05, 4.69) is 0 Å². The molecule has 0 aromatic heterocycles. The predicted octanol–water partition coefficient (Wildman–Crippen LogP) is 2.32. The quantitative estimate of drug-likeness (QED) is 0.869. The monoisotopic (exact) mass is 317 g/mol. The number of hydrogen-bond donors (Lipinski definition) is 0. The Balaban J connectivity index is 1.86. The SMILES string of the molecule is O=S(=O)(c1ccccc1)N1CCOCC1Cc1ccccc1. The van der Waals surface area contributed by atoms with Crippen molar-refractivity contribution in [3.8, 4) is 0 Å². The lowest BCUT2D eigenvalue weighted by Gasteiger charge is -2.34. The van der Waals surface area contributed by atoms with Gasteiger partial charge in [-0.05, 0) is 24.1 Å². The van der Waals surface area contributed by atoms with Crippen LogP contribution in [0.5, 0.6) is 0 Å². The summed E-state index contributed by atoms with van der Waals surface area (Å²) in [5, 5.41) is 0. The van der Waals surface area contributed by atoms with E-state index in [9.17, 15) is 8.42 Å². The van der Waals surface area contributed by atoms with Crippen LogP contribution < -0.4 is 0 Å². The molecule has 4 nitrogen and oxygen atoms in total. The fourth-order valence-corrected chi connectivity index (χ4v) is 4.35. The standard InChI is InChI=1S/C17H19NO3S/c19-22(20,17-9-5-2-6-10-17)18-11-12-21-14-16(18)13-15-7-3-1-4-8-15/h1-10,16H,11-14H2. The molecule has 3 rings (SSSR count). The van der Waals surface area contributed by atoms with Gasteiger partial charge in [0.2, 0.25) is 10.0 Å². The molecule has 1 unspecified atom stereocenters. The third kappa shape index (κ3) is 3.21. The molecule has 1 aliphatic heterocycles. The number of nitrogens with zero attached hydrogens (tertiary/aromatic N) is 1. The zero-order valence-electron chi connectivity index (χ0n) is 12.3. The van der Waals surface area contributed by atoms with Gasteiger partial charge in [0.15, 0.2) is 0 Å². The summed E-state index contributed by atoms with van der Waals surface area (Å²) in [6, 6.07) is 18.4. The van der Waals surface area contributed by atoms with E-state index >= 15 is 0 Å². The van der Waals surface area contributed by atoms with Crippen LogP contribution in [0.3, 0.4) is 0 Å². The van der Waals surface area contributed by atoms with Crippen molar-refractivity contribution < 1.29 is 13.2 Å². The van der Waals surface area contributed by atoms with Crippen LogP contribution in [0.4, 0.5) is 0 Å². The van der Waals surface area contributed by atoms with Crippen molar-refractivity contribution in [3.05, 3.63) is 66.2 Å². The second-order valence-electron chi connectivity index (χ2n) is 5.35. The topological polar surface area (TPSA) is 46.6 Å². The molecule has 116 valence electrons. The van der Waals surface area contributed by atoms with Crippen LogP contribution in [0.1, 0.15) is 5.56 Å². The molecule has 0 amide bonds. The van der Waals surface area contributed by atoms with Gasteiger partial charge in [-0.2, -0.15) is 4.31 Å². The lowest BCUT2D eigenvalue weighted by Crippen LogP contribution is -2.49. The van der Waals surface area contributed by atoms with Crippen molar-refractivity contribution in [2.45, 2.75) is 17.4 Å². The Labute approximate surface area is 131 Å². The number of benzene rings is 2. The summed E-state index contributed by atoms with van der Waals surface area (Å²) in [7, 11) is -3.48. The maximum atomic E-state index is 12.9. The number of ether oxygens (including phenoxy) is 1. The van der Waals surface area contributed by atoms with Crippen LogP contribution in [-0.2, 0) is 21.2 Å². The lowest BCUT2D eigenvalue weighted by atomic mass is 10.1. The highest BCUT2D eigenvalue weighted by atomic mass is 32.2. The van der Waals surface area contributed by atoms with Gasteiger partial charge in [0.25, 0.3) is 0 Å². The van der Waals surface area contributed by atoms with E-state index in [4.69, 9.17) is 4.74 Å². The molecule has 1 saturated heterocycles. The van der Waals surface area contributed by atoms with Gasteiger partial charge in [-0.3, -0.25) is 0 Å². The summed E-state index contributed by atoms with van der Waals surface area (Å²) in [6.45, 7) is 1.27. The van der Waals surface area contributed by atoms with Crippen LogP contribution >= 0.6 is 0 Å². The first-order valence-corrected chi connectivity index (χ1v) is 8.80. The summed E-state index contributed by atoms with van der Waals surface area (Å²) in [6.07, 6.45) is 0.660. The molecular weight excluding hydrogens is 298 g/mol. The fraction of sp³-hybridized carbons (Fsp3) is 0.294. The minimum Gasteiger partial charge on any atom is -0.378 e. The van der Waals surface area contributed by atoms with Gasteiger partial charge in [0.05, 0.1) is 24.2 Å². The largest absolute Gasteiger partial charge is 0.378 e. The lowest BCUT2D eigenvalue weighted by molar-refractivity contribution is 0.0328. The molecule has 1 heterocycles. The van der Waals surface area contributed by atoms with Crippen LogP contribution in [0, 0.1) is 0 Å². The van der Waals surface area contributed by atoms with Gasteiger partial charge < -0.3 is 4.74 Å². The summed E-state index contributed by atoms with van der Waals surface area (Å²) < 4.78 is 32.8. The first kappa shape index (κ1) is 15.2. The van der Waals surface area contributed by atoms with Crippen LogP contribution in [0.15, 0.2) is 65.6 Å². The molecule has 0 saturated carbocycles. The smallest absolute Gasteiger partial charge is 0.243 e. The van der Waals surface area contributed by atoms with Crippen molar-refractivity contribution in [3.63, 3.8) is 0 Å². The number of morpholine rings is 1. The second kappa shape index (κ2) is 6.60. The number of sulfonamides is 1. The van der Waals surface area contributed by atoms with E-state index in [1.807, 2.05) is 36.4 Å². The van der Waals surface area contributed by atoms with E-state index in [-0.39, 0.29) is 6.04 Å². The molecule has 22 heavy (non-hydrogen) atoms. The first-order valence-electron chi connectivity index (χ1n) is 7.36. The molecule has 1 aliphatic rings. The highest BCUT2D eigenvalue weighted by molar-refractivity contribution is 7.89. The third-order valence-electron chi connectivity index (χ3n) is 3.84. The van der Waals surface area contributed by atoms with Gasteiger partial charge >= 0.3 is 0 Å². The first-order chi connectivity index (χ1) is 10.7. The molecule has 2 aromatic carbocycles. The molecule has 5 heteroatoms. The van der Waals surface area contributed by atoms with Crippen molar-refractivity contribution in [2.24, 2.45) is 0 Å². The zero-order chi connectivity index (χ0) is 15.4. The highest BCUT2D eigenvalue weighted by Crippen LogP contribution is 2.22. The Morgan fingerprint density at radius 1 is 1.00 bits per heavy atom. The van der Waals surface area contributed by atoms with E-state index in [1.54, 1.807) is 28.6 Å². The van der Waals surface area contributed by atoms with E-state index in [0.29, 0.717) is 31.1 Å². The summed E-state index contributed by atoms with van der Waals surface area (Å²) >= 11 is 0. The maximum Gasteiger partial charge on any atom is 0.243 e. The van der Waals surface area contributed by atoms with Crippen molar-refractivity contribution in [1.29, 1.82) is 0 Å². The van der Waals surface area contributed by atoms with Gasteiger partial charge in [0, 0.05) is 6.54 Å². The molecule has 0 bridgehead atoms. The second-order valence-corrected chi connectivity index (χ2v) is 7.24. The number of hydrogen-bond acceptors (Lipinski definition) is 3. The highest BCUT2D eigenvalue weighted by Gasteiger charge is 2.33. The van der Waals surface area contributed by atoms with Gasteiger partial charge in [0.1, 0.15) is 0 Å². The minimum atomic E-state index is -3.48. The van der Waals surface area contributed by atoms with E-state index in [0.717, 1.165) is 5.56 Å².